The maximum atomic E-state index is 4.85. The number of hydrogen-bond donors (Lipinski definition) is 1. The first-order valence-electron chi connectivity index (χ1n) is 7.75. The van der Waals surface area contributed by atoms with Gasteiger partial charge in [0.1, 0.15) is 0 Å². The Bertz CT molecular complexity index is 472. The molecule has 112 valence electrons. The molecule has 20 heavy (non-hydrogen) atoms. The van der Waals surface area contributed by atoms with Crippen LogP contribution in [0.2, 0.25) is 0 Å². The number of piperazine rings is 1. The first-order valence-corrected chi connectivity index (χ1v) is 8.57. The van der Waals surface area contributed by atoms with E-state index >= 15 is 0 Å². The van der Waals surface area contributed by atoms with Crippen LogP contribution in [0.5, 0.6) is 0 Å². The first-order chi connectivity index (χ1) is 9.60. The third-order valence-electron chi connectivity index (χ3n) is 4.83. The van der Waals surface area contributed by atoms with Crippen LogP contribution in [0.4, 0.5) is 5.13 Å². The molecule has 4 nitrogen and oxygen atoms in total. The number of thiazole rings is 1. The summed E-state index contributed by atoms with van der Waals surface area (Å²) in [5.41, 5.74) is 1.19. The van der Waals surface area contributed by atoms with Crippen molar-refractivity contribution in [2.24, 2.45) is 0 Å². The van der Waals surface area contributed by atoms with E-state index in [9.17, 15) is 0 Å². The molecule has 0 spiro atoms. The van der Waals surface area contributed by atoms with Gasteiger partial charge in [-0.05, 0) is 47.2 Å². The van der Waals surface area contributed by atoms with E-state index in [4.69, 9.17) is 4.98 Å². The minimum atomic E-state index is 0.393. The van der Waals surface area contributed by atoms with Gasteiger partial charge in [-0.25, -0.2) is 4.98 Å². The second-order valence-corrected chi connectivity index (χ2v) is 7.26. The van der Waals surface area contributed by atoms with Crippen LogP contribution >= 0.6 is 11.3 Å². The molecule has 3 rings (SSSR count). The van der Waals surface area contributed by atoms with Gasteiger partial charge in [0.05, 0.1) is 5.69 Å². The second-order valence-electron chi connectivity index (χ2n) is 6.25. The summed E-state index contributed by atoms with van der Waals surface area (Å²) in [6.45, 7) is 10.3. The zero-order valence-electron chi connectivity index (χ0n) is 13.0. The highest BCUT2D eigenvalue weighted by molar-refractivity contribution is 7.15. The van der Waals surface area contributed by atoms with Gasteiger partial charge in [0.25, 0.3) is 0 Å². The molecule has 0 radical (unpaired) electrons. The number of nitrogens with zero attached hydrogens (tertiary/aromatic N) is 3. The van der Waals surface area contributed by atoms with Gasteiger partial charge in [0, 0.05) is 36.1 Å². The Morgan fingerprint density at radius 1 is 1.40 bits per heavy atom. The Balaban J connectivity index is 1.81. The Kier molecular flexibility index (Phi) is 4.02. The number of hydrogen-bond acceptors (Lipinski definition) is 5. The van der Waals surface area contributed by atoms with E-state index < -0.39 is 0 Å². The maximum Gasteiger partial charge on any atom is 0.186 e. The SMILES string of the molecule is CNC(C)c1sc(N2CC3CCCN3CC2C)nc1C. The zero-order chi connectivity index (χ0) is 14.3. The molecule has 0 aromatic carbocycles. The largest absolute Gasteiger partial charge is 0.343 e. The fourth-order valence-electron chi connectivity index (χ4n) is 3.50. The molecule has 1 aromatic heterocycles. The lowest BCUT2D eigenvalue weighted by Crippen LogP contribution is -2.55. The van der Waals surface area contributed by atoms with Crippen molar-refractivity contribution >= 4 is 16.5 Å². The average molecular weight is 294 g/mol. The van der Waals surface area contributed by atoms with Crippen molar-refractivity contribution < 1.29 is 0 Å². The Hall–Kier alpha value is -0.650. The highest BCUT2D eigenvalue weighted by atomic mass is 32.1. The quantitative estimate of drug-likeness (QED) is 0.927. The fraction of sp³-hybridized carbons (Fsp3) is 0.800. The van der Waals surface area contributed by atoms with Crippen LogP contribution in [0.15, 0.2) is 0 Å². The highest BCUT2D eigenvalue weighted by Crippen LogP contribution is 2.34. The van der Waals surface area contributed by atoms with Gasteiger partial charge in [-0.1, -0.05) is 0 Å². The van der Waals surface area contributed by atoms with Gasteiger partial charge < -0.3 is 10.2 Å². The first kappa shape index (κ1) is 14.3. The lowest BCUT2D eigenvalue weighted by molar-refractivity contribution is 0.203. The summed E-state index contributed by atoms with van der Waals surface area (Å²) in [6, 6.07) is 1.72. The molecular formula is C15H26N4S. The van der Waals surface area contributed by atoms with Crippen LogP contribution in [0.25, 0.3) is 0 Å². The summed E-state index contributed by atoms with van der Waals surface area (Å²) < 4.78 is 0. The van der Waals surface area contributed by atoms with E-state index in [0.717, 1.165) is 12.6 Å². The standard InChI is InChI=1S/C15H26N4S/c1-10-8-18-7-5-6-13(18)9-19(10)15-17-12(3)14(20-15)11(2)16-4/h10-11,13,16H,5-9H2,1-4H3. The van der Waals surface area contributed by atoms with Crippen molar-refractivity contribution in [2.75, 3.05) is 31.6 Å². The van der Waals surface area contributed by atoms with E-state index in [-0.39, 0.29) is 0 Å². The number of fused-ring (bicyclic) bond motifs is 1. The number of anilines is 1. The smallest absolute Gasteiger partial charge is 0.186 e. The van der Waals surface area contributed by atoms with E-state index in [2.05, 4.69) is 35.9 Å². The van der Waals surface area contributed by atoms with Crippen LogP contribution in [-0.4, -0.2) is 48.6 Å². The maximum absolute atomic E-state index is 4.85. The van der Waals surface area contributed by atoms with Crippen LogP contribution in [0, 0.1) is 6.92 Å². The third-order valence-corrected chi connectivity index (χ3v) is 6.21. The Morgan fingerprint density at radius 3 is 2.95 bits per heavy atom. The van der Waals surface area contributed by atoms with Gasteiger partial charge in [0.2, 0.25) is 0 Å². The van der Waals surface area contributed by atoms with E-state index in [1.165, 1.54) is 41.6 Å². The van der Waals surface area contributed by atoms with Gasteiger partial charge in [-0.2, -0.15) is 0 Å². The van der Waals surface area contributed by atoms with Crippen LogP contribution in [-0.2, 0) is 0 Å². The number of nitrogens with one attached hydrogen (secondary N) is 1. The second kappa shape index (κ2) is 5.62. The van der Waals surface area contributed by atoms with Crippen molar-refractivity contribution in [3.8, 4) is 0 Å². The summed E-state index contributed by atoms with van der Waals surface area (Å²) in [6.07, 6.45) is 2.72. The topological polar surface area (TPSA) is 31.4 Å². The normalized spacial score (nSPS) is 28.7. The molecule has 0 saturated carbocycles. The molecule has 0 bridgehead atoms. The van der Waals surface area contributed by atoms with Crippen LogP contribution in [0.1, 0.15) is 43.3 Å². The Morgan fingerprint density at radius 2 is 2.20 bits per heavy atom. The molecule has 3 unspecified atom stereocenters. The molecule has 3 atom stereocenters. The van der Waals surface area contributed by atoms with Gasteiger partial charge in [0.15, 0.2) is 5.13 Å². The van der Waals surface area contributed by atoms with Crippen LogP contribution < -0.4 is 10.2 Å². The van der Waals surface area contributed by atoms with Crippen molar-refractivity contribution in [1.29, 1.82) is 0 Å². The lowest BCUT2D eigenvalue weighted by atomic mass is 10.1. The minimum absolute atomic E-state index is 0.393. The summed E-state index contributed by atoms with van der Waals surface area (Å²) >= 11 is 1.87. The molecule has 2 aliphatic rings. The summed E-state index contributed by atoms with van der Waals surface area (Å²) in [7, 11) is 2.02. The molecule has 2 aliphatic heterocycles. The van der Waals surface area contributed by atoms with E-state index in [0.29, 0.717) is 12.1 Å². The van der Waals surface area contributed by atoms with Gasteiger partial charge in [-0.15, -0.1) is 11.3 Å². The lowest BCUT2D eigenvalue weighted by Gasteiger charge is -2.42. The van der Waals surface area contributed by atoms with Gasteiger partial charge >= 0.3 is 0 Å². The molecule has 1 aromatic rings. The van der Waals surface area contributed by atoms with Gasteiger partial charge in [-0.3, -0.25) is 4.90 Å². The molecule has 1 N–H and O–H groups in total. The van der Waals surface area contributed by atoms with Crippen LogP contribution in [0.3, 0.4) is 0 Å². The molecule has 0 amide bonds. The summed E-state index contributed by atoms with van der Waals surface area (Å²) in [5.74, 6) is 0. The predicted octanol–water partition coefficient (Wildman–Crippen LogP) is 2.40. The molecule has 5 heteroatoms. The molecule has 2 saturated heterocycles. The fourth-order valence-corrected chi connectivity index (χ4v) is 4.74. The summed E-state index contributed by atoms with van der Waals surface area (Å²) in [5, 5.41) is 4.55. The highest BCUT2D eigenvalue weighted by Gasteiger charge is 2.35. The molecule has 2 fully saturated rings. The van der Waals surface area contributed by atoms with Crippen molar-refractivity contribution in [2.45, 2.75) is 51.7 Å². The van der Waals surface area contributed by atoms with Crippen molar-refractivity contribution in [3.63, 3.8) is 0 Å². The van der Waals surface area contributed by atoms with Crippen molar-refractivity contribution in [1.82, 2.24) is 15.2 Å². The molecular weight excluding hydrogens is 268 g/mol. The predicted molar refractivity (Wildman–Crippen MR) is 85.7 cm³/mol. The monoisotopic (exact) mass is 294 g/mol. The molecule has 3 heterocycles. The number of aryl methyl sites for hydroxylation is 1. The number of rotatable bonds is 3. The zero-order valence-corrected chi connectivity index (χ0v) is 13.8. The van der Waals surface area contributed by atoms with E-state index in [1.807, 2.05) is 18.4 Å². The number of aromatic nitrogens is 1. The third kappa shape index (κ3) is 2.47. The minimum Gasteiger partial charge on any atom is -0.343 e. The molecule has 0 aliphatic carbocycles. The summed E-state index contributed by atoms with van der Waals surface area (Å²) in [4.78, 5) is 11.4. The van der Waals surface area contributed by atoms with E-state index in [1.54, 1.807) is 0 Å². The average Bonchev–Trinajstić information content (AvgIpc) is 3.02. The Labute approximate surface area is 126 Å². The van der Waals surface area contributed by atoms with Crippen molar-refractivity contribution in [3.05, 3.63) is 10.6 Å².